The van der Waals surface area contributed by atoms with Crippen LogP contribution >= 0.6 is 12.2 Å². The van der Waals surface area contributed by atoms with Crippen molar-refractivity contribution in [3.05, 3.63) is 29.7 Å². The Morgan fingerprint density at radius 2 is 1.96 bits per heavy atom. The Kier molecular flexibility index (Phi) is 3.82. The molecule has 5 nitrogen and oxygen atoms in total. The van der Waals surface area contributed by atoms with Crippen LogP contribution in [-0.4, -0.2) is 10.9 Å². The SMILES string of the molecule is N#CC1(C#N)C(c2ccco2)NC(=S)C(=C=N)C12CCCCC2. The second-order valence-corrected chi connectivity index (χ2v) is 6.50. The van der Waals surface area contributed by atoms with Gasteiger partial charge in [0.1, 0.15) is 16.8 Å². The quantitative estimate of drug-likeness (QED) is 0.469. The molecule has 1 aliphatic heterocycles. The van der Waals surface area contributed by atoms with Gasteiger partial charge < -0.3 is 9.73 Å². The predicted molar refractivity (Wildman–Crippen MR) is 87.6 cm³/mol. The van der Waals surface area contributed by atoms with Crippen molar-refractivity contribution in [3.63, 3.8) is 0 Å². The molecule has 0 aromatic carbocycles. The van der Waals surface area contributed by atoms with Crippen LogP contribution in [0.3, 0.4) is 0 Å². The molecule has 0 amide bonds. The second-order valence-electron chi connectivity index (χ2n) is 6.10. The van der Waals surface area contributed by atoms with E-state index >= 15 is 0 Å². The third-order valence-electron chi connectivity index (χ3n) is 5.18. The van der Waals surface area contributed by atoms with E-state index in [0.29, 0.717) is 29.2 Å². The molecule has 2 aliphatic rings. The molecule has 3 rings (SSSR count). The molecular weight excluding hydrogens is 308 g/mol. The Bertz CT molecular complexity index is 742. The highest BCUT2D eigenvalue weighted by Gasteiger charge is 2.64. The third-order valence-corrected chi connectivity index (χ3v) is 5.50. The average molecular weight is 324 g/mol. The first-order valence-corrected chi connectivity index (χ1v) is 8.03. The first-order chi connectivity index (χ1) is 11.1. The highest BCUT2D eigenvalue weighted by atomic mass is 32.1. The average Bonchev–Trinajstić information content (AvgIpc) is 3.10. The third kappa shape index (κ3) is 1.96. The molecule has 2 heterocycles. The van der Waals surface area contributed by atoms with E-state index < -0.39 is 16.9 Å². The van der Waals surface area contributed by atoms with Crippen LogP contribution in [0.4, 0.5) is 0 Å². The van der Waals surface area contributed by atoms with E-state index in [2.05, 4.69) is 23.3 Å². The molecule has 1 aromatic heterocycles. The van der Waals surface area contributed by atoms with E-state index in [9.17, 15) is 10.5 Å². The van der Waals surface area contributed by atoms with Gasteiger partial charge in [0.05, 0.1) is 24.0 Å². The molecular formula is C17H16N4OS. The number of piperidine rings is 1. The zero-order chi connectivity index (χ0) is 16.5. The van der Waals surface area contributed by atoms with Crippen molar-refractivity contribution in [2.45, 2.75) is 38.1 Å². The lowest BCUT2D eigenvalue weighted by atomic mass is 9.50. The zero-order valence-electron chi connectivity index (χ0n) is 12.6. The van der Waals surface area contributed by atoms with Gasteiger partial charge in [0, 0.05) is 5.41 Å². The van der Waals surface area contributed by atoms with Gasteiger partial charge >= 0.3 is 0 Å². The molecule has 6 heteroatoms. The monoisotopic (exact) mass is 324 g/mol. The molecule has 0 radical (unpaired) electrons. The van der Waals surface area contributed by atoms with Crippen LogP contribution in [0.2, 0.25) is 0 Å². The van der Waals surface area contributed by atoms with Gasteiger partial charge in [0.2, 0.25) is 0 Å². The Morgan fingerprint density at radius 1 is 1.26 bits per heavy atom. The van der Waals surface area contributed by atoms with Crippen LogP contribution in [0.1, 0.15) is 43.9 Å². The minimum absolute atomic E-state index is 0.393. The Hall–Kier alpha value is -2.40. The number of nitriles is 2. The molecule has 1 saturated carbocycles. The van der Waals surface area contributed by atoms with Crippen molar-refractivity contribution in [3.8, 4) is 12.1 Å². The maximum atomic E-state index is 10.0. The predicted octanol–water partition coefficient (Wildman–Crippen LogP) is 3.41. The Labute approximate surface area is 140 Å². The van der Waals surface area contributed by atoms with Crippen LogP contribution in [0.25, 0.3) is 0 Å². The van der Waals surface area contributed by atoms with E-state index in [1.54, 1.807) is 12.1 Å². The smallest absolute Gasteiger partial charge is 0.181 e. The minimum atomic E-state index is -1.38. The molecule has 0 bridgehead atoms. The first kappa shape index (κ1) is 15.5. The van der Waals surface area contributed by atoms with Crippen molar-refractivity contribution in [1.29, 1.82) is 15.9 Å². The summed E-state index contributed by atoms with van der Waals surface area (Å²) >= 11 is 5.44. The zero-order valence-corrected chi connectivity index (χ0v) is 13.4. The summed E-state index contributed by atoms with van der Waals surface area (Å²) in [5.74, 6) is 2.95. The van der Waals surface area contributed by atoms with E-state index in [0.717, 1.165) is 19.3 Å². The summed E-state index contributed by atoms with van der Waals surface area (Å²) in [6.45, 7) is 0. The lowest BCUT2D eigenvalue weighted by molar-refractivity contribution is 0.0840. The molecule has 1 unspecified atom stereocenters. The van der Waals surface area contributed by atoms with Gasteiger partial charge in [0.25, 0.3) is 0 Å². The van der Waals surface area contributed by atoms with Crippen LogP contribution in [-0.2, 0) is 0 Å². The fourth-order valence-corrected chi connectivity index (χ4v) is 4.45. The fourth-order valence-electron chi connectivity index (χ4n) is 4.09. The molecule has 1 aromatic rings. The van der Waals surface area contributed by atoms with E-state index in [1.165, 1.54) is 6.26 Å². The highest BCUT2D eigenvalue weighted by molar-refractivity contribution is 7.80. The van der Waals surface area contributed by atoms with E-state index in [1.807, 2.05) is 0 Å². The molecule has 2 fully saturated rings. The largest absolute Gasteiger partial charge is 0.467 e. The number of hydrogen-bond donors (Lipinski definition) is 2. The molecule has 116 valence electrons. The maximum Gasteiger partial charge on any atom is 0.181 e. The van der Waals surface area contributed by atoms with E-state index in [4.69, 9.17) is 22.0 Å². The van der Waals surface area contributed by atoms with Gasteiger partial charge in [-0.25, -0.2) is 0 Å². The minimum Gasteiger partial charge on any atom is -0.467 e. The molecule has 1 aliphatic carbocycles. The molecule has 1 spiro atoms. The van der Waals surface area contributed by atoms with Gasteiger partial charge in [-0.1, -0.05) is 31.5 Å². The van der Waals surface area contributed by atoms with Gasteiger partial charge in [-0.05, 0) is 30.8 Å². The summed E-state index contributed by atoms with van der Waals surface area (Å²) in [5, 5.41) is 30.8. The number of furan rings is 1. The van der Waals surface area contributed by atoms with Crippen LogP contribution in [0.5, 0.6) is 0 Å². The number of hydrogen-bond acceptors (Lipinski definition) is 5. The number of thiocarbonyl (C=S) groups is 1. The normalized spacial score (nSPS) is 25.0. The summed E-state index contributed by atoms with van der Waals surface area (Å²) in [6, 6.07) is 7.36. The summed E-state index contributed by atoms with van der Waals surface area (Å²) in [7, 11) is 0. The van der Waals surface area contributed by atoms with Gasteiger partial charge in [0.15, 0.2) is 5.41 Å². The van der Waals surface area contributed by atoms with Crippen LogP contribution in [0, 0.1) is 38.9 Å². The Balaban J connectivity index is 2.27. The fraction of sp³-hybridized carbons (Fsp3) is 0.471. The number of rotatable bonds is 1. The molecule has 1 saturated heterocycles. The summed E-state index contributed by atoms with van der Waals surface area (Å²) in [6.07, 6.45) is 5.72. The van der Waals surface area contributed by atoms with Crippen LogP contribution < -0.4 is 5.32 Å². The van der Waals surface area contributed by atoms with Crippen molar-refractivity contribution >= 4 is 23.1 Å². The lowest BCUT2D eigenvalue weighted by Gasteiger charge is -2.52. The molecule has 23 heavy (non-hydrogen) atoms. The standard InChI is InChI=1S/C17H16N4OS/c18-9-12-15(23)21-14(13-5-4-8-22-13)17(10-19,11-20)16(12)6-2-1-3-7-16/h4-5,8,14,18H,1-3,6-7H2,(H,21,23). The second kappa shape index (κ2) is 5.66. The van der Waals surface area contributed by atoms with Gasteiger partial charge in [-0.3, -0.25) is 5.41 Å². The van der Waals surface area contributed by atoms with E-state index in [-0.39, 0.29) is 0 Å². The summed E-state index contributed by atoms with van der Waals surface area (Å²) in [5.41, 5.74) is -1.66. The van der Waals surface area contributed by atoms with Crippen molar-refractivity contribution in [2.75, 3.05) is 0 Å². The number of nitrogens with zero attached hydrogens (tertiary/aromatic N) is 2. The van der Waals surface area contributed by atoms with Crippen LogP contribution in [0.15, 0.2) is 28.4 Å². The maximum absolute atomic E-state index is 10.0. The first-order valence-electron chi connectivity index (χ1n) is 7.62. The van der Waals surface area contributed by atoms with Crippen molar-refractivity contribution < 1.29 is 4.42 Å². The molecule has 2 N–H and O–H groups in total. The summed E-state index contributed by atoms with van der Waals surface area (Å²) in [4.78, 5) is 0.393. The highest BCUT2D eigenvalue weighted by Crippen LogP contribution is 2.61. The van der Waals surface area contributed by atoms with Gasteiger partial charge in [-0.2, -0.15) is 10.5 Å². The van der Waals surface area contributed by atoms with Crippen molar-refractivity contribution in [2.24, 2.45) is 10.8 Å². The summed E-state index contributed by atoms with van der Waals surface area (Å²) < 4.78 is 5.48. The van der Waals surface area contributed by atoms with Gasteiger partial charge in [-0.15, -0.1) is 0 Å². The van der Waals surface area contributed by atoms with Crippen molar-refractivity contribution in [1.82, 2.24) is 5.32 Å². The topological polar surface area (TPSA) is 96.6 Å². The molecule has 1 atom stereocenters. The number of nitrogens with one attached hydrogen (secondary N) is 2. The lowest BCUT2D eigenvalue weighted by Crippen LogP contribution is -2.58. The Morgan fingerprint density at radius 3 is 2.48 bits per heavy atom.